The van der Waals surface area contributed by atoms with Crippen LogP contribution in [0.4, 0.5) is 11.4 Å². The van der Waals surface area contributed by atoms with Gasteiger partial charge in [0.1, 0.15) is 0 Å². The van der Waals surface area contributed by atoms with Gasteiger partial charge >= 0.3 is 0 Å². The lowest BCUT2D eigenvalue weighted by molar-refractivity contribution is 0.102. The summed E-state index contributed by atoms with van der Waals surface area (Å²) in [5.74, 6) is -0.312. The van der Waals surface area contributed by atoms with Gasteiger partial charge in [-0.3, -0.25) is 4.79 Å². The number of nitrogen functional groups attached to an aromatic ring is 1. The molecule has 3 N–H and O–H groups in total. The summed E-state index contributed by atoms with van der Waals surface area (Å²) >= 11 is 12.9. The molecule has 104 valence electrons. The molecule has 2 rings (SSSR count). The van der Waals surface area contributed by atoms with Crippen molar-refractivity contribution in [1.82, 2.24) is 0 Å². The molecule has 0 aliphatic rings. The number of carbonyl (C=O) groups excluding carboxylic acids is 1. The topological polar surface area (TPSA) is 55.1 Å². The standard InChI is InChI=1S/C14H11Br2ClN2O/c1-7-5-9(15)13(10(16)6-7)19-14(20)8-3-2-4-11(18)12(8)17/h2-6H,18H2,1H3,(H,19,20). The predicted molar refractivity (Wildman–Crippen MR) is 90.4 cm³/mol. The zero-order valence-corrected chi connectivity index (χ0v) is 14.4. The van der Waals surface area contributed by atoms with Crippen LogP contribution in [-0.2, 0) is 0 Å². The number of halogens is 3. The molecule has 3 nitrogen and oxygen atoms in total. The van der Waals surface area contributed by atoms with Crippen LogP contribution in [0.25, 0.3) is 0 Å². The van der Waals surface area contributed by atoms with Crippen molar-refractivity contribution in [3.05, 3.63) is 55.4 Å². The Morgan fingerprint density at radius 3 is 2.45 bits per heavy atom. The lowest BCUT2D eigenvalue weighted by Gasteiger charge is -2.12. The van der Waals surface area contributed by atoms with Gasteiger partial charge in [-0.05, 0) is 68.6 Å². The van der Waals surface area contributed by atoms with Crippen molar-refractivity contribution in [2.75, 3.05) is 11.1 Å². The number of carbonyl (C=O) groups is 1. The number of amides is 1. The van der Waals surface area contributed by atoms with Crippen LogP contribution in [0.3, 0.4) is 0 Å². The molecule has 20 heavy (non-hydrogen) atoms. The second-order valence-corrected chi connectivity index (χ2v) is 6.35. The van der Waals surface area contributed by atoms with Crippen molar-refractivity contribution in [3.63, 3.8) is 0 Å². The minimum Gasteiger partial charge on any atom is -0.398 e. The predicted octanol–water partition coefficient (Wildman–Crippen LogP) is 5.01. The lowest BCUT2D eigenvalue weighted by Crippen LogP contribution is -2.14. The molecule has 0 radical (unpaired) electrons. The van der Waals surface area contributed by atoms with Crippen LogP contribution < -0.4 is 11.1 Å². The summed E-state index contributed by atoms with van der Waals surface area (Å²) in [6.07, 6.45) is 0. The summed E-state index contributed by atoms with van der Waals surface area (Å²) in [4.78, 5) is 12.3. The van der Waals surface area contributed by atoms with Crippen LogP contribution in [0.5, 0.6) is 0 Å². The Labute approximate surface area is 138 Å². The molecule has 0 heterocycles. The zero-order chi connectivity index (χ0) is 14.9. The minimum atomic E-state index is -0.312. The Morgan fingerprint density at radius 2 is 1.85 bits per heavy atom. The van der Waals surface area contributed by atoms with Gasteiger partial charge in [0.2, 0.25) is 0 Å². The van der Waals surface area contributed by atoms with Crippen molar-refractivity contribution in [3.8, 4) is 0 Å². The zero-order valence-electron chi connectivity index (χ0n) is 10.5. The number of nitrogens with two attached hydrogens (primary N) is 1. The highest BCUT2D eigenvalue weighted by atomic mass is 79.9. The van der Waals surface area contributed by atoms with Crippen molar-refractivity contribution >= 4 is 60.7 Å². The van der Waals surface area contributed by atoms with Crippen molar-refractivity contribution in [2.45, 2.75) is 6.92 Å². The quantitative estimate of drug-likeness (QED) is 0.674. The first-order valence-electron chi connectivity index (χ1n) is 5.71. The second-order valence-electron chi connectivity index (χ2n) is 4.27. The van der Waals surface area contributed by atoms with E-state index in [1.165, 1.54) is 0 Å². The molecule has 6 heteroatoms. The number of hydrogen-bond donors (Lipinski definition) is 2. The van der Waals surface area contributed by atoms with E-state index in [-0.39, 0.29) is 10.9 Å². The molecule has 2 aromatic carbocycles. The maximum absolute atomic E-state index is 12.3. The molecule has 0 saturated heterocycles. The van der Waals surface area contributed by atoms with Gasteiger partial charge in [0, 0.05) is 8.95 Å². The Bertz CT molecular complexity index is 666. The fourth-order valence-electron chi connectivity index (χ4n) is 1.73. The SMILES string of the molecule is Cc1cc(Br)c(NC(=O)c2cccc(N)c2Cl)c(Br)c1. The van der Waals surface area contributed by atoms with Gasteiger partial charge in [-0.2, -0.15) is 0 Å². The van der Waals surface area contributed by atoms with E-state index in [4.69, 9.17) is 17.3 Å². The Kier molecular flexibility index (Phi) is 4.73. The molecule has 0 spiro atoms. The maximum Gasteiger partial charge on any atom is 0.257 e. The summed E-state index contributed by atoms with van der Waals surface area (Å²) in [5.41, 5.74) is 8.14. The molecule has 0 aromatic heterocycles. The largest absolute Gasteiger partial charge is 0.398 e. The molecule has 2 aromatic rings. The fourth-order valence-corrected chi connectivity index (χ4v) is 3.55. The molecule has 0 aliphatic heterocycles. The monoisotopic (exact) mass is 416 g/mol. The highest BCUT2D eigenvalue weighted by molar-refractivity contribution is 9.11. The summed E-state index contributed by atoms with van der Waals surface area (Å²) in [7, 11) is 0. The van der Waals surface area contributed by atoms with Gasteiger partial charge in [-0.1, -0.05) is 17.7 Å². The van der Waals surface area contributed by atoms with E-state index in [1.807, 2.05) is 19.1 Å². The molecule has 0 aliphatic carbocycles. The van der Waals surface area contributed by atoms with E-state index in [0.717, 1.165) is 14.5 Å². The summed E-state index contributed by atoms with van der Waals surface area (Å²) in [6.45, 7) is 1.97. The average Bonchev–Trinajstić information content (AvgIpc) is 2.36. The third-order valence-corrected chi connectivity index (χ3v) is 4.37. The number of rotatable bonds is 2. The van der Waals surface area contributed by atoms with E-state index in [9.17, 15) is 4.79 Å². The van der Waals surface area contributed by atoms with Crippen LogP contribution in [0, 0.1) is 6.92 Å². The fraction of sp³-hybridized carbons (Fsp3) is 0.0714. The van der Waals surface area contributed by atoms with Crippen LogP contribution in [0.1, 0.15) is 15.9 Å². The molecule has 0 atom stereocenters. The number of aryl methyl sites for hydroxylation is 1. The molecular weight excluding hydrogens is 407 g/mol. The van der Waals surface area contributed by atoms with Gasteiger partial charge in [-0.15, -0.1) is 0 Å². The Morgan fingerprint density at radius 1 is 1.25 bits per heavy atom. The van der Waals surface area contributed by atoms with E-state index in [0.29, 0.717) is 16.9 Å². The average molecular weight is 419 g/mol. The Balaban J connectivity index is 2.36. The highest BCUT2D eigenvalue weighted by Gasteiger charge is 2.15. The van der Waals surface area contributed by atoms with Gasteiger partial charge in [0.05, 0.1) is 22.0 Å². The van der Waals surface area contributed by atoms with E-state index >= 15 is 0 Å². The van der Waals surface area contributed by atoms with Crippen molar-refractivity contribution < 1.29 is 4.79 Å². The number of benzene rings is 2. The lowest BCUT2D eigenvalue weighted by atomic mass is 10.1. The third kappa shape index (κ3) is 3.16. The molecular formula is C14H11Br2ClN2O. The molecule has 0 bridgehead atoms. The van der Waals surface area contributed by atoms with Crippen LogP contribution in [0.2, 0.25) is 5.02 Å². The number of hydrogen-bond acceptors (Lipinski definition) is 2. The van der Waals surface area contributed by atoms with Crippen molar-refractivity contribution in [2.24, 2.45) is 0 Å². The van der Waals surface area contributed by atoms with Crippen molar-refractivity contribution in [1.29, 1.82) is 0 Å². The molecule has 1 amide bonds. The van der Waals surface area contributed by atoms with Crippen LogP contribution >= 0.6 is 43.5 Å². The van der Waals surface area contributed by atoms with Crippen LogP contribution in [-0.4, -0.2) is 5.91 Å². The summed E-state index contributed by atoms with van der Waals surface area (Å²) in [5, 5.41) is 3.07. The smallest absolute Gasteiger partial charge is 0.257 e. The number of nitrogens with one attached hydrogen (secondary N) is 1. The summed E-state index contributed by atoms with van der Waals surface area (Å²) < 4.78 is 1.58. The van der Waals surface area contributed by atoms with Crippen LogP contribution in [0.15, 0.2) is 39.3 Å². The maximum atomic E-state index is 12.3. The molecule has 0 unspecified atom stereocenters. The first kappa shape index (κ1) is 15.4. The van der Waals surface area contributed by atoms with E-state index < -0.39 is 0 Å². The first-order valence-corrected chi connectivity index (χ1v) is 7.67. The van der Waals surface area contributed by atoms with Gasteiger partial charge in [-0.25, -0.2) is 0 Å². The first-order chi connectivity index (χ1) is 9.40. The second kappa shape index (κ2) is 6.16. The van der Waals surface area contributed by atoms with Gasteiger partial charge in [0.25, 0.3) is 5.91 Å². The third-order valence-electron chi connectivity index (χ3n) is 2.70. The molecule has 0 fully saturated rings. The Hall–Kier alpha value is -1.04. The minimum absolute atomic E-state index is 0.254. The molecule has 0 saturated carbocycles. The van der Waals surface area contributed by atoms with E-state index in [2.05, 4.69) is 37.2 Å². The number of anilines is 2. The van der Waals surface area contributed by atoms with Gasteiger partial charge < -0.3 is 11.1 Å². The van der Waals surface area contributed by atoms with Gasteiger partial charge in [0.15, 0.2) is 0 Å². The highest BCUT2D eigenvalue weighted by Crippen LogP contribution is 2.33. The van der Waals surface area contributed by atoms with E-state index in [1.54, 1.807) is 18.2 Å². The normalized spacial score (nSPS) is 10.4. The summed E-state index contributed by atoms with van der Waals surface area (Å²) in [6, 6.07) is 8.80.